The van der Waals surface area contributed by atoms with E-state index in [0.717, 1.165) is 11.3 Å². The third kappa shape index (κ3) is 2.51. The molecule has 1 aromatic heterocycles. The van der Waals surface area contributed by atoms with Crippen molar-refractivity contribution < 1.29 is 9.84 Å². The Balaban J connectivity index is 2.14. The Bertz CT molecular complexity index is 456. The largest absolute Gasteiger partial charge is 0.430 e. The number of aliphatic hydroxyl groups is 1. The van der Waals surface area contributed by atoms with Gasteiger partial charge in [0.2, 0.25) is 0 Å². The van der Waals surface area contributed by atoms with E-state index < -0.39 is 0 Å². The summed E-state index contributed by atoms with van der Waals surface area (Å²) >= 11 is 1.24. The molecule has 0 saturated carbocycles. The second kappa shape index (κ2) is 4.37. The molecule has 1 aromatic carbocycles. The van der Waals surface area contributed by atoms with Crippen molar-refractivity contribution in [3.8, 4) is 10.9 Å². The number of aliphatic hydroxyl groups excluding tert-OH is 1. The second-order valence-electron chi connectivity index (χ2n) is 3.04. The van der Waals surface area contributed by atoms with Crippen LogP contribution < -0.4 is 4.74 Å². The van der Waals surface area contributed by atoms with Crippen LogP contribution in [0, 0.1) is 6.92 Å². The molecule has 4 nitrogen and oxygen atoms in total. The zero-order chi connectivity index (χ0) is 10.7. The minimum Gasteiger partial charge on any atom is -0.430 e. The topological polar surface area (TPSA) is 55.2 Å². The van der Waals surface area contributed by atoms with Crippen LogP contribution in [-0.4, -0.2) is 15.3 Å². The predicted molar refractivity (Wildman–Crippen MR) is 57.1 cm³/mol. The first kappa shape index (κ1) is 10.1. The molecule has 0 spiro atoms. The minimum atomic E-state index is -0.102. The van der Waals surface area contributed by atoms with E-state index in [0.29, 0.717) is 10.2 Å². The van der Waals surface area contributed by atoms with Gasteiger partial charge in [-0.3, -0.25) is 0 Å². The van der Waals surface area contributed by atoms with Crippen molar-refractivity contribution in [1.82, 2.24) is 10.2 Å². The van der Waals surface area contributed by atoms with Gasteiger partial charge in [0, 0.05) is 0 Å². The Morgan fingerprint density at radius 1 is 1.40 bits per heavy atom. The van der Waals surface area contributed by atoms with Crippen molar-refractivity contribution in [3.63, 3.8) is 0 Å². The highest BCUT2D eigenvalue weighted by atomic mass is 32.1. The number of hydrogen-bond donors (Lipinski definition) is 1. The lowest BCUT2D eigenvalue weighted by molar-refractivity contribution is 0.280. The summed E-state index contributed by atoms with van der Waals surface area (Å²) in [6, 6.07) is 7.68. The van der Waals surface area contributed by atoms with Gasteiger partial charge in [-0.05, 0) is 24.6 Å². The summed E-state index contributed by atoms with van der Waals surface area (Å²) in [6.07, 6.45) is 0. The summed E-state index contributed by atoms with van der Waals surface area (Å²) in [5.74, 6) is 0.732. The van der Waals surface area contributed by atoms with E-state index in [4.69, 9.17) is 9.84 Å². The summed E-state index contributed by atoms with van der Waals surface area (Å²) in [5.41, 5.74) is 1.12. The van der Waals surface area contributed by atoms with Gasteiger partial charge in [-0.2, -0.15) is 0 Å². The molecule has 0 atom stereocenters. The molecule has 0 unspecified atom stereocenters. The van der Waals surface area contributed by atoms with Gasteiger partial charge in [-0.1, -0.05) is 28.6 Å². The normalized spacial score (nSPS) is 10.3. The number of aromatic nitrogens is 2. The van der Waals surface area contributed by atoms with Crippen molar-refractivity contribution in [2.24, 2.45) is 0 Å². The maximum Gasteiger partial charge on any atom is 0.299 e. The molecule has 0 fully saturated rings. The van der Waals surface area contributed by atoms with Crippen molar-refractivity contribution in [3.05, 3.63) is 34.8 Å². The van der Waals surface area contributed by atoms with Gasteiger partial charge in [0.15, 0.2) is 0 Å². The van der Waals surface area contributed by atoms with Crippen LogP contribution in [0.3, 0.4) is 0 Å². The van der Waals surface area contributed by atoms with Crippen LogP contribution in [0.1, 0.15) is 10.6 Å². The summed E-state index contributed by atoms with van der Waals surface area (Å²) in [5, 5.41) is 17.4. The molecule has 2 rings (SSSR count). The fourth-order valence-corrected chi connectivity index (χ4v) is 1.69. The third-order valence-electron chi connectivity index (χ3n) is 1.78. The molecule has 0 aliphatic heterocycles. The van der Waals surface area contributed by atoms with Crippen LogP contribution in [0.25, 0.3) is 0 Å². The molecule has 1 heterocycles. The molecule has 0 radical (unpaired) electrons. The molecule has 2 aromatic rings. The fourth-order valence-electron chi connectivity index (χ4n) is 1.12. The first-order valence-corrected chi connectivity index (χ1v) is 5.27. The number of nitrogens with zero attached hydrogens (tertiary/aromatic N) is 2. The Morgan fingerprint density at radius 3 is 2.93 bits per heavy atom. The molecule has 5 heteroatoms. The van der Waals surface area contributed by atoms with Crippen LogP contribution in [0.4, 0.5) is 0 Å². The molecule has 0 aliphatic carbocycles. The van der Waals surface area contributed by atoms with Crippen molar-refractivity contribution in [1.29, 1.82) is 0 Å². The Kier molecular flexibility index (Phi) is 2.94. The molecule has 1 N–H and O–H groups in total. The lowest BCUT2D eigenvalue weighted by Crippen LogP contribution is -1.83. The third-order valence-corrected chi connectivity index (χ3v) is 2.56. The highest BCUT2D eigenvalue weighted by molar-refractivity contribution is 7.13. The monoisotopic (exact) mass is 222 g/mol. The number of rotatable bonds is 3. The van der Waals surface area contributed by atoms with Crippen molar-refractivity contribution in [2.45, 2.75) is 13.5 Å². The van der Waals surface area contributed by atoms with Crippen molar-refractivity contribution >= 4 is 11.3 Å². The lowest BCUT2D eigenvalue weighted by Gasteiger charge is -2.00. The Labute approximate surface area is 91.2 Å². The van der Waals surface area contributed by atoms with Gasteiger partial charge in [0.1, 0.15) is 10.8 Å². The summed E-state index contributed by atoms with van der Waals surface area (Å²) in [7, 11) is 0. The molecule has 0 saturated heterocycles. The van der Waals surface area contributed by atoms with Crippen LogP contribution in [0.2, 0.25) is 0 Å². The highest BCUT2D eigenvalue weighted by Gasteiger charge is 2.04. The van der Waals surface area contributed by atoms with E-state index in [1.54, 1.807) is 0 Å². The SMILES string of the molecule is Cc1cccc(Oc2nnc(CO)s2)c1. The van der Waals surface area contributed by atoms with Gasteiger partial charge < -0.3 is 9.84 Å². The first-order chi connectivity index (χ1) is 7.28. The van der Waals surface area contributed by atoms with Gasteiger partial charge in [-0.25, -0.2) is 0 Å². The number of aryl methyl sites for hydroxylation is 1. The van der Waals surface area contributed by atoms with Crippen LogP contribution >= 0.6 is 11.3 Å². The summed E-state index contributed by atoms with van der Waals surface area (Å²) in [6.45, 7) is 1.89. The Morgan fingerprint density at radius 2 is 2.27 bits per heavy atom. The zero-order valence-electron chi connectivity index (χ0n) is 8.17. The summed E-state index contributed by atoms with van der Waals surface area (Å²) in [4.78, 5) is 0. The van der Waals surface area contributed by atoms with E-state index in [2.05, 4.69) is 10.2 Å². The molecular formula is C10H10N2O2S. The van der Waals surface area contributed by atoms with E-state index in [1.165, 1.54) is 11.3 Å². The molecule has 0 aliphatic rings. The van der Waals surface area contributed by atoms with Crippen molar-refractivity contribution in [2.75, 3.05) is 0 Å². The number of hydrogen-bond acceptors (Lipinski definition) is 5. The zero-order valence-corrected chi connectivity index (χ0v) is 8.99. The number of benzene rings is 1. The van der Waals surface area contributed by atoms with Gasteiger partial charge in [0.05, 0.1) is 6.61 Å². The molecule has 0 bridgehead atoms. The quantitative estimate of drug-likeness (QED) is 0.864. The van der Waals surface area contributed by atoms with E-state index in [9.17, 15) is 0 Å². The van der Waals surface area contributed by atoms with Gasteiger partial charge in [-0.15, -0.1) is 5.10 Å². The van der Waals surface area contributed by atoms with E-state index in [1.807, 2.05) is 31.2 Å². The van der Waals surface area contributed by atoms with Crippen LogP contribution in [0.5, 0.6) is 10.9 Å². The molecule has 0 amide bonds. The van der Waals surface area contributed by atoms with Crippen LogP contribution in [-0.2, 0) is 6.61 Å². The fraction of sp³-hybridized carbons (Fsp3) is 0.200. The van der Waals surface area contributed by atoms with Crippen LogP contribution in [0.15, 0.2) is 24.3 Å². The van der Waals surface area contributed by atoms with E-state index in [-0.39, 0.29) is 6.61 Å². The molecular weight excluding hydrogens is 212 g/mol. The molecule has 78 valence electrons. The minimum absolute atomic E-state index is 0.102. The first-order valence-electron chi connectivity index (χ1n) is 4.45. The lowest BCUT2D eigenvalue weighted by atomic mass is 10.2. The average Bonchev–Trinajstić information content (AvgIpc) is 2.65. The maximum absolute atomic E-state index is 8.81. The molecule has 15 heavy (non-hydrogen) atoms. The maximum atomic E-state index is 8.81. The smallest absolute Gasteiger partial charge is 0.299 e. The highest BCUT2D eigenvalue weighted by Crippen LogP contribution is 2.25. The standard InChI is InChI=1S/C10H10N2O2S/c1-7-3-2-4-8(5-7)14-10-12-11-9(6-13)15-10/h2-5,13H,6H2,1H3. The Hall–Kier alpha value is -1.46. The van der Waals surface area contributed by atoms with Gasteiger partial charge in [0.25, 0.3) is 5.19 Å². The van der Waals surface area contributed by atoms with Gasteiger partial charge >= 0.3 is 0 Å². The predicted octanol–water partition coefficient (Wildman–Crippen LogP) is 2.13. The van der Waals surface area contributed by atoms with E-state index >= 15 is 0 Å². The number of ether oxygens (including phenoxy) is 1. The average molecular weight is 222 g/mol. The second-order valence-corrected chi connectivity index (χ2v) is 4.06. The summed E-state index contributed by atoms with van der Waals surface area (Å²) < 4.78 is 5.48.